The zero-order chi connectivity index (χ0) is 16.5. The smallest absolute Gasteiger partial charge is 0.143 e. The number of hydrogen-bond donors (Lipinski definition) is 0. The maximum Gasteiger partial charge on any atom is 0.143 e. The third-order valence-corrected chi connectivity index (χ3v) is 4.98. The fourth-order valence-electron chi connectivity index (χ4n) is 3.06. The van der Waals surface area contributed by atoms with Gasteiger partial charge in [0.1, 0.15) is 17.2 Å². The summed E-state index contributed by atoms with van der Waals surface area (Å²) in [6.07, 6.45) is 1.59. The Hall–Kier alpha value is -2.31. The van der Waals surface area contributed by atoms with Crippen LogP contribution < -0.4 is 4.90 Å². The van der Waals surface area contributed by atoms with Crippen LogP contribution in [0.1, 0.15) is 5.56 Å². The molecule has 3 aromatic rings. The molecule has 122 valence electrons. The highest BCUT2D eigenvalue weighted by Crippen LogP contribution is 2.34. The molecule has 0 N–H and O–H groups in total. The van der Waals surface area contributed by atoms with E-state index in [4.69, 9.17) is 0 Å². The van der Waals surface area contributed by atoms with Crippen LogP contribution in [-0.4, -0.2) is 34.4 Å². The predicted octanol–water partition coefficient (Wildman–Crippen LogP) is 3.93. The van der Waals surface area contributed by atoms with Crippen molar-refractivity contribution in [1.82, 2.24) is 14.3 Å². The highest BCUT2D eigenvalue weighted by Gasteiger charge is 2.20. The van der Waals surface area contributed by atoms with Crippen molar-refractivity contribution in [2.75, 3.05) is 25.0 Å². The molecule has 0 amide bonds. The van der Waals surface area contributed by atoms with Gasteiger partial charge in [0.05, 0.1) is 0 Å². The summed E-state index contributed by atoms with van der Waals surface area (Å²) in [4.78, 5) is 8.85. The van der Waals surface area contributed by atoms with Gasteiger partial charge in [0.15, 0.2) is 0 Å². The molecule has 0 spiro atoms. The van der Waals surface area contributed by atoms with E-state index < -0.39 is 0 Å². The van der Waals surface area contributed by atoms with Gasteiger partial charge in [0.2, 0.25) is 0 Å². The molecule has 0 radical (unpaired) electrons. The van der Waals surface area contributed by atoms with Crippen molar-refractivity contribution < 1.29 is 4.39 Å². The third kappa shape index (κ3) is 2.90. The van der Waals surface area contributed by atoms with Crippen molar-refractivity contribution in [2.45, 2.75) is 6.54 Å². The molecule has 1 aliphatic heterocycles. The molecule has 0 saturated carbocycles. The molecule has 0 saturated heterocycles. The lowest BCUT2D eigenvalue weighted by molar-refractivity contribution is 0.343. The van der Waals surface area contributed by atoms with Crippen molar-refractivity contribution >= 4 is 22.9 Å². The Labute approximate surface area is 144 Å². The predicted molar refractivity (Wildman–Crippen MR) is 95.1 cm³/mol. The molecule has 2 aromatic carbocycles. The number of rotatable bonds is 2. The first-order chi connectivity index (χ1) is 11.7. The minimum absolute atomic E-state index is 0.211. The normalized spacial score (nSPS) is 15.2. The Morgan fingerprint density at radius 2 is 1.92 bits per heavy atom. The van der Waals surface area contributed by atoms with Gasteiger partial charge in [0, 0.05) is 36.6 Å². The minimum Gasteiger partial charge on any atom is -0.340 e. The average molecular weight is 340 g/mol. The summed E-state index contributed by atoms with van der Waals surface area (Å²) in [5.74, 6) is -0.211. The van der Waals surface area contributed by atoms with E-state index in [1.54, 1.807) is 6.33 Å². The summed E-state index contributed by atoms with van der Waals surface area (Å²) < 4.78 is 17.4. The molecule has 6 heteroatoms. The standard InChI is InChI=1S/C18H17FN4S/c1-22-8-9-23(16-5-3-15(19)4-6-16)17-7-2-13(10-14(17)11-22)18-20-12-21-24-18/h2-7,10,12H,8-9,11H2,1H3. The van der Waals surface area contributed by atoms with Gasteiger partial charge >= 0.3 is 0 Å². The second kappa shape index (κ2) is 6.30. The minimum atomic E-state index is -0.211. The first kappa shape index (κ1) is 15.2. The van der Waals surface area contributed by atoms with Gasteiger partial charge < -0.3 is 9.80 Å². The van der Waals surface area contributed by atoms with E-state index in [-0.39, 0.29) is 5.82 Å². The zero-order valence-electron chi connectivity index (χ0n) is 13.3. The highest BCUT2D eigenvalue weighted by molar-refractivity contribution is 7.09. The maximum atomic E-state index is 13.3. The fraction of sp³-hybridized carbons (Fsp3) is 0.222. The molecule has 2 heterocycles. The van der Waals surface area contributed by atoms with Gasteiger partial charge in [-0.1, -0.05) is 0 Å². The molecular weight excluding hydrogens is 323 g/mol. The van der Waals surface area contributed by atoms with Gasteiger partial charge in [-0.05, 0) is 66.6 Å². The van der Waals surface area contributed by atoms with Crippen LogP contribution >= 0.6 is 11.5 Å². The highest BCUT2D eigenvalue weighted by atomic mass is 32.1. The first-order valence-electron chi connectivity index (χ1n) is 7.82. The fourth-order valence-corrected chi connectivity index (χ4v) is 3.58. The van der Waals surface area contributed by atoms with Crippen molar-refractivity contribution in [2.24, 2.45) is 0 Å². The lowest BCUT2D eigenvalue weighted by Gasteiger charge is -2.25. The van der Waals surface area contributed by atoms with Crippen LogP contribution in [0.2, 0.25) is 0 Å². The molecule has 0 fully saturated rings. The van der Waals surface area contributed by atoms with E-state index in [0.717, 1.165) is 35.9 Å². The third-order valence-electron chi connectivity index (χ3n) is 4.26. The lowest BCUT2D eigenvalue weighted by atomic mass is 10.1. The van der Waals surface area contributed by atoms with Crippen molar-refractivity contribution in [3.63, 3.8) is 0 Å². The van der Waals surface area contributed by atoms with E-state index in [1.807, 2.05) is 12.1 Å². The number of hydrogen-bond acceptors (Lipinski definition) is 5. The van der Waals surface area contributed by atoms with Gasteiger partial charge in [0.25, 0.3) is 0 Å². The van der Waals surface area contributed by atoms with Gasteiger partial charge in [-0.25, -0.2) is 9.37 Å². The Morgan fingerprint density at radius 3 is 2.67 bits per heavy atom. The van der Waals surface area contributed by atoms with E-state index >= 15 is 0 Å². The molecule has 0 aliphatic carbocycles. The first-order valence-corrected chi connectivity index (χ1v) is 8.60. The molecule has 0 bridgehead atoms. The van der Waals surface area contributed by atoms with Crippen molar-refractivity contribution in [3.8, 4) is 10.6 Å². The topological polar surface area (TPSA) is 32.3 Å². The number of aromatic nitrogens is 2. The SMILES string of the molecule is CN1CCN(c2ccc(F)cc2)c2ccc(-c3ncns3)cc2C1. The molecule has 1 aromatic heterocycles. The molecule has 0 atom stereocenters. The molecular formula is C18H17FN4S. The summed E-state index contributed by atoms with van der Waals surface area (Å²) in [5, 5.41) is 0.929. The number of halogens is 1. The quantitative estimate of drug-likeness (QED) is 0.708. The number of benzene rings is 2. The van der Waals surface area contributed by atoms with E-state index in [1.165, 1.54) is 34.9 Å². The van der Waals surface area contributed by atoms with Crippen LogP contribution in [0.25, 0.3) is 10.6 Å². The van der Waals surface area contributed by atoms with Crippen molar-refractivity contribution in [3.05, 3.63) is 60.2 Å². The van der Waals surface area contributed by atoms with Crippen LogP contribution in [-0.2, 0) is 6.54 Å². The van der Waals surface area contributed by atoms with Crippen LogP contribution in [0, 0.1) is 5.82 Å². The number of nitrogens with zero attached hydrogens (tertiary/aromatic N) is 4. The number of fused-ring (bicyclic) bond motifs is 1. The van der Waals surface area contributed by atoms with E-state index in [0.29, 0.717) is 0 Å². The Balaban J connectivity index is 1.78. The molecule has 4 rings (SSSR count). The van der Waals surface area contributed by atoms with Crippen LogP contribution in [0.3, 0.4) is 0 Å². The van der Waals surface area contributed by atoms with Crippen LogP contribution in [0.5, 0.6) is 0 Å². The lowest BCUT2D eigenvalue weighted by Crippen LogP contribution is -2.26. The summed E-state index contributed by atoms with van der Waals surface area (Å²) in [6, 6.07) is 13.1. The monoisotopic (exact) mass is 340 g/mol. The molecule has 1 aliphatic rings. The van der Waals surface area contributed by atoms with Crippen LogP contribution in [0.15, 0.2) is 48.8 Å². The number of anilines is 2. The Bertz CT molecular complexity index is 833. The van der Waals surface area contributed by atoms with Gasteiger partial charge in [-0.15, -0.1) is 0 Å². The van der Waals surface area contributed by atoms with E-state index in [2.05, 4.69) is 44.4 Å². The Morgan fingerprint density at radius 1 is 1.08 bits per heavy atom. The van der Waals surface area contributed by atoms with Gasteiger partial charge in [-0.2, -0.15) is 4.37 Å². The molecule has 4 nitrogen and oxygen atoms in total. The zero-order valence-corrected chi connectivity index (χ0v) is 14.1. The summed E-state index contributed by atoms with van der Waals surface area (Å²) in [5.41, 5.74) is 4.51. The largest absolute Gasteiger partial charge is 0.340 e. The number of likely N-dealkylation sites (N-methyl/N-ethyl adjacent to an activating group) is 1. The molecule has 0 unspecified atom stereocenters. The Kier molecular flexibility index (Phi) is 4.00. The summed E-state index contributed by atoms with van der Waals surface area (Å²) in [7, 11) is 2.12. The van der Waals surface area contributed by atoms with E-state index in [9.17, 15) is 4.39 Å². The van der Waals surface area contributed by atoms with Crippen molar-refractivity contribution in [1.29, 1.82) is 0 Å². The van der Waals surface area contributed by atoms with Gasteiger partial charge in [-0.3, -0.25) is 0 Å². The van der Waals surface area contributed by atoms with Crippen LogP contribution in [0.4, 0.5) is 15.8 Å². The molecule has 24 heavy (non-hydrogen) atoms. The maximum absolute atomic E-state index is 13.3. The summed E-state index contributed by atoms with van der Waals surface area (Å²) in [6.45, 7) is 2.69. The second-order valence-corrected chi connectivity index (χ2v) is 6.74. The average Bonchev–Trinajstić information content (AvgIpc) is 3.06. The second-order valence-electron chi connectivity index (χ2n) is 5.96. The summed E-state index contributed by atoms with van der Waals surface area (Å²) >= 11 is 1.40.